The van der Waals surface area contributed by atoms with Gasteiger partial charge in [-0.1, -0.05) is 68.8 Å². The first kappa shape index (κ1) is 54.5. The third-order valence-electron chi connectivity index (χ3n) is 9.78. The summed E-state index contributed by atoms with van der Waals surface area (Å²) in [6.07, 6.45) is 0.762. The van der Waals surface area contributed by atoms with E-state index in [1.54, 1.807) is 7.05 Å². The van der Waals surface area contributed by atoms with Crippen molar-refractivity contribution < 1.29 is 71.1 Å². The fourth-order valence-corrected chi connectivity index (χ4v) is 6.04. The van der Waals surface area contributed by atoms with E-state index in [1.807, 2.05) is 24.3 Å². The highest BCUT2D eigenvalue weighted by atomic mass is 16.6. The van der Waals surface area contributed by atoms with Crippen LogP contribution in [0.25, 0.3) is 11.1 Å². The minimum atomic E-state index is -0.366. The van der Waals surface area contributed by atoms with Crippen molar-refractivity contribution in [1.82, 2.24) is 4.90 Å². The Morgan fingerprint density at radius 2 is 0.746 bits per heavy atom. The molecular formula is C47H77NO15. The van der Waals surface area contributed by atoms with Crippen LogP contribution in [-0.2, 0) is 66.3 Å². The molecule has 0 saturated heterocycles. The lowest BCUT2D eigenvalue weighted by Crippen LogP contribution is -2.32. The van der Waals surface area contributed by atoms with Crippen LogP contribution in [0.5, 0.6) is 0 Å². The Kier molecular flexibility index (Phi) is 33.3. The van der Waals surface area contributed by atoms with Crippen LogP contribution in [0.4, 0.5) is 4.79 Å². The molecule has 1 amide bonds. The van der Waals surface area contributed by atoms with Crippen molar-refractivity contribution in [3.63, 3.8) is 0 Å². The number of hydrogen-bond donors (Lipinski definition) is 0. The number of nitrogens with zero attached hydrogens (tertiary/aromatic N) is 1. The molecule has 360 valence electrons. The second-order valence-electron chi connectivity index (χ2n) is 14.7. The second-order valence-corrected chi connectivity index (χ2v) is 14.7. The Labute approximate surface area is 376 Å². The number of benzene rings is 2. The lowest BCUT2D eigenvalue weighted by atomic mass is 9.98. The third kappa shape index (κ3) is 26.7. The predicted molar refractivity (Wildman–Crippen MR) is 238 cm³/mol. The zero-order chi connectivity index (χ0) is 44.7. The summed E-state index contributed by atoms with van der Waals surface area (Å²) in [6, 6.07) is 16.6. The van der Waals surface area contributed by atoms with Gasteiger partial charge in [-0.05, 0) is 28.2 Å². The molecule has 63 heavy (non-hydrogen) atoms. The molecule has 16 heteroatoms. The maximum atomic E-state index is 12.6. The number of ether oxygens (including phenoxy) is 14. The van der Waals surface area contributed by atoms with Crippen LogP contribution in [0.1, 0.15) is 37.3 Å². The summed E-state index contributed by atoms with van der Waals surface area (Å²) in [5.74, 6) is 0.626. The predicted octanol–water partition coefficient (Wildman–Crippen LogP) is 5.13. The average molecular weight is 896 g/mol. The highest BCUT2D eigenvalue weighted by Gasteiger charge is 2.29. The van der Waals surface area contributed by atoms with Crippen molar-refractivity contribution in [2.24, 2.45) is 5.92 Å². The van der Waals surface area contributed by atoms with E-state index in [0.717, 1.165) is 13.0 Å². The second kappa shape index (κ2) is 38.5. The Hall–Kier alpha value is -2.81. The highest BCUT2D eigenvalue weighted by molar-refractivity contribution is 5.79. The molecule has 16 nitrogen and oxygen atoms in total. The van der Waals surface area contributed by atoms with Crippen LogP contribution >= 0.6 is 0 Å². The van der Waals surface area contributed by atoms with E-state index in [-0.39, 0.29) is 12.0 Å². The number of carbonyl (C=O) groups is 1. The van der Waals surface area contributed by atoms with Gasteiger partial charge in [0.15, 0.2) is 0 Å². The molecule has 0 N–H and O–H groups in total. The molecular weight excluding hydrogens is 819 g/mol. The molecule has 1 aliphatic rings. The zero-order valence-electron chi connectivity index (χ0n) is 38.4. The third-order valence-corrected chi connectivity index (χ3v) is 9.78. The molecule has 1 aliphatic carbocycles. The monoisotopic (exact) mass is 896 g/mol. The Balaban J connectivity index is 0.929. The van der Waals surface area contributed by atoms with Gasteiger partial charge in [-0.2, -0.15) is 0 Å². The van der Waals surface area contributed by atoms with E-state index < -0.39 is 0 Å². The molecule has 0 aliphatic heterocycles. The van der Waals surface area contributed by atoms with Crippen LogP contribution in [0.2, 0.25) is 0 Å². The molecule has 0 saturated carbocycles. The molecule has 0 aromatic heterocycles. The van der Waals surface area contributed by atoms with Crippen LogP contribution in [-0.4, -0.2) is 203 Å². The number of likely N-dealkylation sites (N-methyl/N-ethyl adjacent to an activating group) is 1. The van der Waals surface area contributed by atoms with Gasteiger partial charge in [0.25, 0.3) is 0 Å². The topological polar surface area (TPSA) is 150 Å². The molecule has 1 unspecified atom stereocenters. The van der Waals surface area contributed by atoms with Crippen molar-refractivity contribution in [2.45, 2.75) is 26.2 Å². The van der Waals surface area contributed by atoms with Crippen molar-refractivity contribution >= 4 is 6.09 Å². The Morgan fingerprint density at radius 1 is 0.460 bits per heavy atom. The summed E-state index contributed by atoms with van der Waals surface area (Å²) in [5, 5.41) is 0. The van der Waals surface area contributed by atoms with Gasteiger partial charge >= 0.3 is 6.09 Å². The number of carbonyl (C=O) groups excluding carboxylic acids is 1. The van der Waals surface area contributed by atoms with Gasteiger partial charge in [0.05, 0.1) is 165 Å². The van der Waals surface area contributed by atoms with Crippen LogP contribution in [0.15, 0.2) is 48.5 Å². The van der Waals surface area contributed by atoms with Gasteiger partial charge in [0, 0.05) is 26.1 Å². The molecule has 0 fully saturated rings. The van der Waals surface area contributed by atoms with Crippen molar-refractivity contribution in [2.75, 3.05) is 192 Å². The van der Waals surface area contributed by atoms with Crippen molar-refractivity contribution in [1.29, 1.82) is 0 Å². The molecule has 0 heterocycles. The molecule has 2 aromatic rings. The van der Waals surface area contributed by atoms with Gasteiger partial charge in [0.2, 0.25) is 0 Å². The van der Waals surface area contributed by atoms with Gasteiger partial charge in [-0.15, -0.1) is 0 Å². The molecule has 0 spiro atoms. The molecule has 0 radical (unpaired) electrons. The summed E-state index contributed by atoms with van der Waals surface area (Å²) >= 11 is 0. The smallest absolute Gasteiger partial charge is 0.409 e. The first-order valence-electron chi connectivity index (χ1n) is 22.7. The maximum Gasteiger partial charge on any atom is 0.409 e. The highest BCUT2D eigenvalue weighted by Crippen LogP contribution is 2.44. The summed E-state index contributed by atoms with van der Waals surface area (Å²) in [4.78, 5) is 14.2. The van der Waals surface area contributed by atoms with Crippen LogP contribution < -0.4 is 0 Å². The summed E-state index contributed by atoms with van der Waals surface area (Å²) in [6.45, 7) is 18.3. The number of amides is 1. The van der Waals surface area contributed by atoms with Gasteiger partial charge in [-0.25, -0.2) is 4.79 Å². The zero-order valence-corrected chi connectivity index (χ0v) is 38.4. The normalized spacial score (nSPS) is 12.7. The summed E-state index contributed by atoms with van der Waals surface area (Å²) in [5.41, 5.74) is 4.79. The van der Waals surface area contributed by atoms with Gasteiger partial charge < -0.3 is 71.2 Å². The molecule has 1 atom stereocenters. The van der Waals surface area contributed by atoms with E-state index in [4.69, 9.17) is 66.3 Å². The lowest BCUT2D eigenvalue weighted by molar-refractivity contribution is -0.0293. The van der Waals surface area contributed by atoms with E-state index in [0.29, 0.717) is 184 Å². The molecule has 2 aromatic carbocycles. The van der Waals surface area contributed by atoms with Crippen LogP contribution in [0.3, 0.4) is 0 Å². The Bertz CT molecular complexity index is 1330. The quantitative estimate of drug-likeness (QED) is 0.0809. The first-order chi connectivity index (χ1) is 31.1. The van der Waals surface area contributed by atoms with E-state index >= 15 is 0 Å². The minimum Gasteiger partial charge on any atom is -0.448 e. The van der Waals surface area contributed by atoms with Crippen LogP contribution in [0, 0.1) is 5.92 Å². The van der Waals surface area contributed by atoms with Gasteiger partial charge in [-0.3, -0.25) is 0 Å². The molecule has 3 rings (SSSR count). The number of rotatable bonds is 44. The minimum absolute atomic E-state index is 0.0359. The Morgan fingerprint density at radius 3 is 1.06 bits per heavy atom. The number of fused-ring (bicyclic) bond motifs is 3. The maximum absolute atomic E-state index is 12.6. The number of hydrogen-bond acceptors (Lipinski definition) is 15. The fraction of sp³-hybridized carbons (Fsp3) is 0.723. The van der Waals surface area contributed by atoms with Gasteiger partial charge in [0.1, 0.15) is 6.61 Å². The SMILES string of the molecule is CCC(C)COCCOCCOCCOCCOCCOCCOCCOCCOCCOCCOCCOCCOCCN(C)C(=O)OCC1c2ccccc2-c2ccccc21. The van der Waals surface area contributed by atoms with E-state index in [1.165, 1.54) is 27.2 Å². The summed E-state index contributed by atoms with van der Waals surface area (Å²) < 4.78 is 77.5. The average Bonchev–Trinajstić information content (AvgIpc) is 3.63. The lowest BCUT2D eigenvalue weighted by Gasteiger charge is -2.19. The molecule has 0 bridgehead atoms. The standard InChI is InChI=1S/C47H77NO15/c1-4-41(2)39-62-38-37-61-36-35-60-34-33-59-32-31-58-30-29-57-28-27-56-26-25-55-24-23-54-22-21-53-20-19-52-18-17-51-16-15-50-14-13-48(3)47(49)63-40-46-44-11-7-5-9-42(44)43-10-6-8-12-45(43)46/h5-12,41,46H,4,13-40H2,1-3H3. The summed E-state index contributed by atoms with van der Waals surface area (Å²) in [7, 11) is 1.71. The fourth-order valence-electron chi connectivity index (χ4n) is 6.04. The first-order valence-corrected chi connectivity index (χ1v) is 22.7. The van der Waals surface area contributed by atoms with E-state index in [2.05, 4.69) is 38.1 Å². The van der Waals surface area contributed by atoms with Crippen molar-refractivity contribution in [3.8, 4) is 11.1 Å². The largest absolute Gasteiger partial charge is 0.448 e. The van der Waals surface area contributed by atoms with E-state index in [9.17, 15) is 4.79 Å². The van der Waals surface area contributed by atoms with Crippen molar-refractivity contribution in [3.05, 3.63) is 59.7 Å².